The highest BCUT2D eigenvalue weighted by Gasteiger charge is 2.26. The molecular formula is C4H6N12. The maximum Gasteiger partial charge on any atom is 0.0655 e. The van der Waals surface area contributed by atoms with Crippen LogP contribution in [0.4, 0.5) is 0 Å². The fourth-order valence-electron chi connectivity index (χ4n) is 0.829. The Bertz CT molecular complexity index is 360. The van der Waals surface area contributed by atoms with Crippen LogP contribution in [-0.2, 0) is 0 Å². The Morgan fingerprint density at radius 1 is 0.688 bits per heavy atom. The first-order valence-electron chi connectivity index (χ1n) is 3.83. The predicted molar refractivity (Wildman–Crippen MR) is 53.9 cm³/mol. The number of rotatable bonds is 7. The summed E-state index contributed by atoms with van der Waals surface area (Å²) in [5.74, 6) is 0. The molecule has 0 aliphatic heterocycles. The lowest BCUT2D eigenvalue weighted by Gasteiger charge is -2.21. The molecule has 0 unspecified atom stereocenters. The van der Waals surface area contributed by atoms with Gasteiger partial charge in [-0.2, -0.15) is 0 Å². The average molecular weight is 222 g/mol. The smallest absolute Gasteiger partial charge is 0.0655 e. The molecule has 12 nitrogen and oxygen atoms in total. The molecule has 0 aromatic carbocycles. The molecule has 0 heterocycles. The third kappa shape index (κ3) is 4.47. The van der Waals surface area contributed by atoms with Crippen molar-refractivity contribution in [3.63, 3.8) is 0 Å². The van der Waals surface area contributed by atoms with Gasteiger partial charge in [0.05, 0.1) is 5.54 Å². The highest BCUT2D eigenvalue weighted by Crippen LogP contribution is 2.15. The molecular weight excluding hydrogens is 216 g/mol. The van der Waals surface area contributed by atoms with Crippen LogP contribution in [0.15, 0.2) is 20.5 Å². The molecule has 0 saturated carbocycles. The number of hydrogen-bond donors (Lipinski definition) is 0. The van der Waals surface area contributed by atoms with Gasteiger partial charge >= 0.3 is 0 Å². The molecule has 0 fully saturated rings. The van der Waals surface area contributed by atoms with Gasteiger partial charge < -0.3 is 0 Å². The molecule has 16 heavy (non-hydrogen) atoms. The predicted octanol–water partition coefficient (Wildman–Crippen LogP) is 2.97. The molecule has 0 bridgehead atoms. The standard InChI is InChI=1S/C4H6N12/c5-13-9-1-4(12-16-8,2-10-14-6)3-11-15-7/h1-3H2. The Hall–Kier alpha value is -2.76. The molecule has 0 aliphatic rings. The van der Waals surface area contributed by atoms with Crippen molar-refractivity contribution in [3.8, 4) is 0 Å². The maximum absolute atomic E-state index is 8.35. The van der Waals surface area contributed by atoms with Crippen molar-refractivity contribution in [1.82, 2.24) is 0 Å². The van der Waals surface area contributed by atoms with E-state index in [1.54, 1.807) is 0 Å². The van der Waals surface area contributed by atoms with E-state index in [0.717, 1.165) is 0 Å². The summed E-state index contributed by atoms with van der Waals surface area (Å²) in [5.41, 5.74) is 31.5. The van der Waals surface area contributed by atoms with Gasteiger partial charge in [0.15, 0.2) is 0 Å². The summed E-state index contributed by atoms with van der Waals surface area (Å²) in [6.07, 6.45) is 0. The van der Waals surface area contributed by atoms with Crippen LogP contribution in [0.2, 0.25) is 0 Å². The lowest BCUT2D eigenvalue weighted by molar-refractivity contribution is 0.454. The van der Waals surface area contributed by atoms with Gasteiger partial charge in [-0.3, -0.25) is 0 Å². The molecule has 0 radical (unpaired) electrons. The molecule has 0 rings (SSSR count). The van der Waals surface area contributed by atoms with Gasteiger partial charge in [0.1, 0.15) is 0 Å². The van der Waals surface area contributed by atoms with Crippen molar-refractivity contribution >= 4 is 0 Å². The minimum Gasteiger partial charge on any atom is -0.0933 e. The minimum atomic E-state index is -1.35. The van der Waals surface area contributed by atoms with Crippen LogP contribution in [0.25, 0.3) is 41.8 Å². The number of azide groups is 4. The summed E-state index contributed by atoms with van der Waals surface area (Å²) in [5, 5.41) is 13.0. The van der Waals surface area contributed by atoms with E-state index in [0.29, 0.717) is 0 Å². The van der Waals surface area contributed by atoms with Gasteiger partial charge in [0.25, 0.3) is 0 Å². The Morgan fingerprint density at radius 3 is 1.31 bits per heavy atom. The summed E-state index contributed by atoms with van der Waals surface area (Å²) in [6, 6.07) is 0. The van der Waals surface area contributed by atoms with E-state index < -0.39 is 5.54 Å². The average Bonchev–Trinajstić information content (AvgIpc) is 2.31. The van der Waals surface area contributed by atoms with Crippen LogP contribution in [0.1, 0.15) is 0 Å². The molecule has 0 aliphatic carbocycles. The van der Waals surface area contributed by atoms with Gasteiger partial charge in [-0.15, -0.1) is 0 Å². The van der Waals surface area contributed by atoms with E-state index in [-0.39, 0.29) is 19.6 Å². The van der Waals surface area contributed by atoms with Crippen molar-refractivity contribution in [3.05, 3.63) is 41.8 Å². The summed E-state index contributed by atoms with van der Waals surface area (Å²) in [7, 11) is 0. The molecule has 0 aromatic rings. The molecule has 0 atom stereocenters. The van der Waals surface area contributed by atoms with Gasteiger partial charge in [-0.1, -0.05) is 20.5 Å². The van der Waals surface area contributed by atoms with E-state index in [2.05, 4.69) is 40.1 Å². The molecule has 0 amide bonds. The highest BCUT2D eigenvalue weighted by molar-refractivity contribution is 4.95. The fourth-order valence-corrected chi connectivity index (χ4v) is 0.829. The normalized spacial score (nSPS) is 11.8. The zero-order chi connectivity index (χ0) is 12.3. The molecule has 0 N–H and O–H groups in total. The SMILES string of the molecule is [N-]=[N+]=NCC(CN=[N+]=[N-])(CN=[N+]=[N-])N=[N+]=[N-]. The molecule has 0 aromatic heterocycles. The van der Waals surface area contributed by atoms with Crippen LogP contribution in [0.5, 0.6) is 0 Å². The topological polar surface area (TPSA) is 195 Å². The van der Waals surface area contributed by atoms with Crippen molar-refractivity contribution in [2.45, 2.75) is 5.54 Å². The fraction of sp³-hybridized carbons (Fsp3) is 1.00. The second kappa shape index (κ2) is 7.63. The van der Waals surface area contributed by atoms with Crippen molar-refractivity contribution in [1.29, 1.82) is 0 Å². The van der Waals surface area contributed by atoms with Crippen molar-refractivity contribution in [2.75, 3.05) is 19.6 Å². The summed E-state index contributed by atoms with van der Waals surface area (Å²) < 4.78 is 0. The monoisotopic (exact) mass is 222 g/mol. The van der Waals surface area contributed by atoms with E-state index in [9.17, 15) is 0 Å². The van der Waals surface area contributed by atoms with Gasteiger partial charge in [0, 0.05) is 39.3 Å². The Morgan fingerprint density at radius 2 is 1.06 bits per heavy atom. The van der Waals surface area contributed by atoms with E-state index in [1.165, 1.54) is 0 Å². The number of nitrogens with zero attached hydrogens (tertiary/aromatic N) is 12. The Kier molecular flexibility index (Phi) is 6.31. The van der Waals surface area contributed by atoms with Gasteiger partial charge in [-0.25, -0.2) is 0 Å². The quantitative estimate of drug-likeness (QED) is 0.347. The first kappa shape index (κ1) is 13.2. The largest absolute Gasteiger partial charge is 0.0933 e. The van der Waals surface area contributed by atoms with E-state index >= 15 is 0 Å². The van der Waals surface area contributed by atoms with Gasteiger partial charge in [-0.05, 0) is 22.1 Å². The van der Waals surface area contributed by atoms with Crippen LogP contribution in [0, 0.1) is 0 Å². The third-order valence-electron chi connectivity index (χ3n) is 1.54. The minimum absolute atomic E-state index is 0.258. The summed E-state index contributed by atoms with van der Waals surface area (Å²) >= 11 is 0. The maximum atomic E-state index is 8.35. The van der Waals surface area contributed by atoms with Gasteiger partial charge in [0.2, 0.25) is 0 Å². The Balaban J connectivity index is 5.14. The highest BCUT2D eigenvalue weighted by atomic mass is 15.3. The zero-order valence-corrected chi connectivity index (χ0v) is 7.99. The molecule has 12 heteroatoms. The second-order valence-electron chi connectivity index (χ2n) is 2.58. The third-order valence-corrected chi connectivity index (χ3v) is 1.54. The summed E-state index contributed by atoms with van der Waals surface area (Å²) in [4.78, 5) is 10.0. The van der Waals surface area contributed by atoms with E-state index in [4.69, 9.17) is 22.1 Å². The van der Waals surface area contributed by atoms with E-state index in [1.807, 2.05) is 0 Å². The number of hydrogen-bond acceptors (Lipinski definition) is 4. The first-order valence-corrected chi connectivity index (χ1v) is 3.83. The van der Waals surface area contributed by atoms with Crippen molar-refractivity contribution in [2.24, 2.45) is 20.5 Å². The first-order chi connectivity index (χ1) is 7.74. The lowest BCUT2D eigenvalue weighted by atomic mass is 10.0. The summed E-state index contributed by atoms with van der Waals surface area (Å²) in [6.45, 7) is -0.775. The van der Waals surface area contributed by atoms with Crippen LogP contribution in [-0.4, -0.2) is 25.2 Å². The van der Waals surface area contributed by atoms with Crippen LogP contribution < -0.4 is 0 Å². The van der Waals surface area contributed by atoms with Crippen molar-refractivity contribution < 1.29 is 0 Å². The molecule has 82 valence electrons. The Labute approximate surface area is 88.4 Å². The molecule has 0 saturated heterocycles. The molecule has 0 spiro atoms. The second-order valence-corrected chi connectivity index (χ2v) is 2.58. The zero-order valence-electron chi connectivity index (χ0n) is 7.99. The van der Waals surface area contributed by atoms with Crippen LogP contribution in [0.3, 0.4) is 0 Å². The lowest BCUT2D eigenvalue weighted by Crippen LogP contribution is -2.36. The van der Waals surface area contributed by atoms with Crippen LogP contribution >= 0.6 is 0 Å².